The third-order valence-electron chi connectivity index (χ3n) is 3.78. The first-order valence-corrected chi connectivity index (χ1v) is 8.12. The van der Waals surface area contributed by atoms with Gasteiger partial charge in [-0.05, 0) is 35.9 Å². The Kier molecular flexibility index (Phi) is 5.73. The van der Waals surface area contributed by atoms with Crippen LogP contribution in [0.15, 0.2) is 66.9 Å². The SMILES string of the molecule is O=C(NCc1cccnc1Oc1ccccc1F)C(O)c1ccc(F)cc1. The molecule has 1 heterocycles. The second-order valence-corrected chi connectivity index (χ2v) is 5.67. The highest BCUT2D eigenvalue weighted by atomic mass is 19.1. The number of carbonyl (C=O) groups excluding carboxylic acids is 1. The maximum Gasteiger partial charge on any atom is 0.253 e. The van der Waals surface area contributed by atoms with E-state index in [9.17, 15) is 18.7 Å². The number of para-hydroxylation sites is 1. The largest absolute Gasteiger partial charge is 0.436 e. The van der Waals surface area contributed by atoms with E-state index >= 15 is 0 Å². The van der Waals surface area contributed by atoms with Gasteiger partial charge in [0.15, 0.2) is 17.7 Å². The molecule has 0 aliphatic rings. The molecular weight excluding hydrogens is 354 g/mol. The topological polar surface area (TPSA) is 71.5 Å². The van der Waals surface area contributed by atoms with E-state index in [1.165, 1.54) is 30.5 Å². The first-order chi connectivity index (χ1) is 13.0. The van der Waals surface area contributed by atoms with Crippen molar-refractivity contribution in [2.75, 3.05) is 0 Å². The fraction of sp³-hybridized carbons (Fsp3) is 0.100. The van der Waals surface area contributed by atoms with Crippen LogP contribution >= 0.6 is 0 Å². The van der Waals surface area contributed by atoms with Gasteiger partial charge in [0, 0.05) is 18.3 Å². The van der Waals surface area contributed by atoms with E-state index < -0.39 is 23.6 Å². The van der Waals surface area contributed by atoms with Crippen LogP contribution in [0.3, 0.4) is 0 Å². The molecule has 2 N–H and O–H groups in total. The average molecular weight is 370 g/mol. The third-order valence-corrected chi connectivity index (χ3v) is 3.78. The van der Waals surface area contributed by atoms with Crippen molar-refractivity contribution in [2.24, 2.45) is 0 Å². The van der Waals surface area contributed by atoms with Gasteiger partial charge in [-0.15, -0.1) is 0 Å². The summed E-state index contributed by atoms with van der Waals surface area (Å²) in [5, 5.41) is 12.6. The molecule has 3 rings (SSSR count). The third kappa shape index (κ3) is 4.65. The quantitative estimate of drug-likeness (QED) is 0.697. The van der Waals surface area contributed by atoms with Gasteiger partial charge < -0.3 is 15.2 Å². The van der Waals surface area contributed by atoms with Gasteiger partial charge in [-0.2, -0.15) is 0 Å². The number of hydrogen-bond acceptors (Lipinski definition) is 4. The van der Waals surface area contributed by atoms with Crippen molar-refractivity contribution in [3.05, 3.63) is 89.6 Å². The van der Waals surface area contributed by atoms with Crippen LogP contribution in [0.4, 0.5) is 8.78 Å². The lowest BCUT2D eigenvalue weighted by Gasteiger charge is -2.14. The Labute approximate surface area is 154 Å². The van der Waals surface area contributed by atoms with Gasteiger partial charge in [0.25, 0.3) is 5.91 Å². The predicted molar refractivity (Wildman–Crippen MR) is 93.9 cm³/mol. The number of amides is 1. The number of aliphatic hydroxyl groups excluding tert-OH is 1. The Morgan fingerprint density at radius 3 is 2.56 bits per heavy atom. The van der Waals surface area contributed by atoms with E-state index in [0.717, 1.165) is 12.1 Å². The molecule has 1 amide bonds. The molecule has 3 aromatic rings. The standard InChI is InChI=1S/C20H16F2N2O3/c21-15-9-7-13(8-10-15)18(25)19(26)24-12-14-4-3-11-23-20(14)27-17-6-2-1-5-16(17)22/h1-11,18,25H,12H2,(H,24,26). The maximum absolute atomic E-state index is 13.8. The minimum Gasteiger partial charge on any atom is -0.436 e. The number of nitrogens with zero attached hydrogens (tertiary/aromatic N) is 1. The molecule has 0 saturated heterocycles. The van der Waals surface area contributed by atoms with E-state index in [0.29, 0.717) is 5.56 Å². The van der Waals surface area contributed by atoms with Crippen molar-refractivity contribution < 1.29 is 23.4 Å². The number of aliphatic hydroxyl groups is 1. The monoisotopic (exact) mass is 370 g/mol. The fourth-order valence-electron chi connectivity index (χ4n) is 2.36. The summed E-state index contributed by atoms with van der Waals surface area (Å²) in [5.74, 6) is -1.52. The van der Waals surface area contributed by atoms with Crippen LogP contribution < -0.4 is 10.1 Å². The molecule has 0 aliphatic carbocycles. The van der Waals surface area contributed by atoms with Crippen molar-refractivity contribution in [3.8, 4) is 11.6 Å². The Morgan fingerprint density at radius 1 is 1.07 bits per heavy atom. The summed E-state index contributed by atoms with van der Waals surface area (Å²) < 4.78 is 32.2. The summed E-state index contributed by atoms with van der Waals surface area (Å²) in [6.07, 6.45) is 0.0349. The maximum atomic E-state index is 13.8. The number of halogens is 2. The zero-order valence-corrected chi connectivity index (χ0v) is 14.1. The number of hydrogen-bond donors (Lipinski definition) is 2. The summed E-state index contributed by atoms with van der Waals surface area (Å²) in [4.78, 5) is 16.2. The van der Waals surface area contributed by atoms with E-state index in [-0.39, 0.29) is 23.7 Å². The van der Waals surface area contributed by atoms with E-state index in [1.54, 1.807) is 24.3 Å². The van der Waals surface area contributed by atoms with Crippen LogP contribution in [0.1, 0.15) is 17.2 Å². The smallest absolute Gasteiger partial charge is 0.253 e. The van der Waals surface area contributed by atoms with Crippen LogP contribution in [0.2, 0.25) is 0 Å². The number of benzene rings is 2. The van der Waals surface area contributed by atoms with Gasteiger partial charge in [0.05, 0.1) is 0 Å². The summed E-state index contributed by atoms with van der Waals surface area (Å²) in [7, 11) is 0. The first-order valence-electron chi connectivity index (χ1n) is 8.12. The molecule has 7 heteroatoms. The van der Waals surface area contributed by atoms with Crippen molar-refractivity contribution in [1.29, 1.82) is 0 Å². The molecule has 1 atom stereocenters. The van der Waals surface area contributed by atoms with Crippen LogP contribution in [-0.4, -0.2) is 16.0 Å². The lowest BCUT2D eigenvalue weighted by Crippen LogP contribution is -2.29. The molecule has 27 heavy (non-hydrogen) atoms. The second-order valence-electron chi connectivity index (χ2n) is 5.67. The Hall–Kier alpha value is -3.32. The molecule has 0 aliphatic heterocycles. The van der Waals surface area contributed by atoms with Gasteiger partial charge in [0.1, 0.15) is 5.82 Å². The molecule has 0 saturated carbocycles. The number of pyridine rings is 1. The van der Waals surface area contributed by atoms with E-state index in [4.69, 9.17) is 4.74 Å². The fourth-order valence-corrected chi connectivity index (χ4v) is 2.36. The van der Waals surface area contributed by atoms with Crippen LogP contribution in [0.25, 0.3) is 0 Å². The molecule has 2 aromatic carbocycles. The summed E-state index contributed by atoms with van der Waals surface area (Å²) >= 11 is 0. The second kappa shape index (κ2) is 8.37. The zero-order valence-electron chi connectivity index (χ0n) is 14.1. The van der Waals surface area contributed by atoms with Gasteiger partial charge >= 0.3 is 0 Å². The average Bonchev–Trinajstić information content (AvgIpc) is 2.69. The number of carbonyl (C=O) groups is 1. The molecule has 0 bridgehead atoms. The number of nitrogens with one attached hydrogen (secondary N) is 1. The highest BCUT2D eigenvalue weighted by Gasteiger charge is 2.18. The van der Waals surface area contributed by atoms with Crippen LogP contribution in [0, 0.1) is 11.6 Å². The van der Waals surface area contributed by atoms with Crippen LogP contribution in [0.5, 0.6) is 11.6 Å². The molecular formula is C20H16F2N2O3. The Morgan fingerprint density at radius 2 is 1.81 bits per heavy atom. The molecule has 0 fully saturated rings. The van der Waals surface area contributed by atoms with Gasteiger partial charge in [-0.3, -0.25) is 4.79 Å². The van der Waals surface area contributed by atoms with Gasteiger partial charge in [0.2, 0.25) is 5.88 Å². The van der Waals surface area contributed by atoms with Crippen LogP contribution in [-0.2, 0) is 11.3 Å². The lowest BCUT2D eigenvalue weighted by atomic mass is 10.1. The van der Waals surface area contributed by atoms with Crippen molar-refractivity contribution >= 4 is 5.91 Å². The van der Waals surface area contributed by atoms with E-state index in [2.05, 4.69) is 10.3 Å². The Balaban J connectivity index is 1.68. The van der Waals surface area contributed by atoms with Crippen molar-refractivity contribution in [1.82, 2.24) is 10.3 Å². The molecule has 1 unspecified atom stereocenters. The zero-order chi connectivity index (χ0) is 19.2. The summed E-state index contributed by atoms with van der Waals surface area (Å²) in [5.41, 5.74) is 0.767. The Bertz CT molecular complexity index is 933. The molecule has 1 aromatic heterocycles. The van der Waals surface area contributed by atoms with Crippen molar-refractivity contribution in [3.63, 3.8) is 0 Å². The highest BCUT2D eigenvalue weighted by Crippen LogP contribution is 2.25. The van der Waals surface area contributed by atoms with Crippen molar-refractivity contribution in [2.45, 2.75) is 12.6 Å². The predicted octanol–water partition coefficient (Wildman–Crippen LogP) is 3.50. The van der Waals surface area contributed by atoms with E-state index in [1.807, 2.05) is 0 Å². The summed E-state index contributed by atoms with van der Waals surface area (Å²) in [6.45, 7) is 0.00864. The molecule has 5 nitrogen and oxygen atoms in total. The number of rotatable bonds is 6. The van der Waals surface area contributed by atoms with Gasteiger partial charge in [-0.25, -0.2) is 13.8 Å². The molecule has 0 radical (unpaired) electrons. The highest BCUT2D eigenvalue weighted by molar-refractivity contribution is 5.81. The number of aromatic nitrogens is 1. The molecule has 138 valence electrons. The minimum absolute atomic E-state index is 0.00864. The molecule has 0 spiro atoms. The number of ether oxygens (including phenoxy) is 1. The van der Waals surface area contributed by atoms with Gasteiger partial charge in [-0.1, -0.05) is 30.3 Å². The summed E-state index contributed by atoms with van der Waals surface area (Å²) in [6, 6.07) is 14.2. The minimum atomic E-state index is -1.45. The first kappa shape index (κ1) is 18.5. The lowest BCUT2D eigenvalue weighted by molar-refractivity contribution is -0.129. The normalized spacial score (nSPS) is 11.7.